The number of rotatable bonds is 2. The Hall–Kier alpha value is -2.79. The predicted octanol–water partition coefficient (Wildman–Crippen LogP) is 4.02. The molecule has 2 atom stereocenters. The Balaban J connectivity index is 1.40. The lowest BCUT2D eigenvalue weighted by Gasteiger charge is -2.42. The zero-order chi connectivity index (χ0) is 19.3. The van der Waals surface area contributed by atoms with E-state index in [0.29, 0.717) is 36.2 Å². The maximum atomic E-state index is 13.1. The van der Waals surface area contributed by atoms with Gasteiger partial charge in [0.05, 0.1) is 5.02 Å². The zero-order valence-electron chi connectivity index (χ0n) is 15.2. The maximum Gasteiger partial charge on any atom is 0.289 e. The molecule has 3 aromatic rings. The van der Waals surface area contributed by atoms with Crippen molar-refractivity contribution >= 4 is 17.5 Å². The SMILES string of the molecule is O=C(c1ccc(-c2ccccc2Cl)o1)N1CC2CC(C1)c1cccc(=O)n1C2. The molecular formula is C22H19ClN2O3. The highest BCUT2D eigenvalue weighted by Gasteiger charge is 2.37. The third kappa shape index (κ3) is 2.87. The number of carbonyl (C=O) groups is 1. The van der Waals surface area contributed by atoms with Gasteiger partial charge in [0.15, 0.2) is 5.76 Å². The summed E-state index contributed by atoms with van der Waals surface area (Å²) >= 11 is 6.24. The van der Waals surface area contributed by atoms with Gasteiger partial charge in [-0.3, -0.25) is 9.59 Å². The summed E-state index contributed by atoms with van der Waals surface area (Å²) in [6, 6.07) is 16.3. The predicted molar refractivity (Wildman–Crippen MR) is 107 cm³/mol. The minimum atomic E-state index is -0.111. The standard InChI is InChI=1S/C22H19ClN2O3/c23-17-5-2-1-4-16(17)19-8-9-20(28-19)22(27)24-11-14-10-15(13-24)18-6-3-7-21(26)25(18)12-14/h1-9,14-15H,10-13H2. The number of pyridine rings is 1. The Morgan fingerprint density at radius 2 is 1.86 bits per heavy atom. The Morgan fingerprint density at radius 3 is 2.71 bits per heavy atom. The molecule has 0 saturated carbocycles. The van der Waals surface area contributed by atoms with E-state index in [-0.39, 0.29) is 23.3 Å². The number of furan rings is 1. The molecule has 0 N–H and O–H groups in total. The molecule has 1 amide bonds. The van der Waals surface area contributed by atoms with E-state index in [1.54, 1.807) is 30.3 Å². The van der Waals surface area contributed by atoms with E-state index in [9.17, 15) is 9.59 Å². The van der Waals surface area contributed by atoms with Crippen LogP contribution in [0.1, 0.15) is 28.6 Å². The normalized spacial score (nSPS) is 20.7. The fourth-order valence-electron chi connectivity index (χ4n) is 4.48. The molecule has 2 aliphatic rings. The fraction of sp³-hybridized carbons (Fsp3) is 0.273. The highest BCUT2D eigenvalue weighted by Crippen LogP contribution is 2.36. The molecule has 2 bridgehead atoms. The molecule has 6 heteroatoms. The van der Waals surface area contributed by atoms with Crippen molar-refractivity contribution in [2.75, 3.05) is 13.1 Å². The molecule has 1 aromatic carbocycles. The molecule has 0 spiro atoms. The van der Waals surface area contributed by atoms with Crippen LogP contribution in [0, 0.1) is 5.92 Å². The third-order valence-corrected chi connectivity index (χ3v) is 6.05. The van der Waals surface area contributed by atoms with Crippen LogP contribution in [0.25, 0.3) is 11.3 Å². The van der Waals surface area contributed by atoms with Crippen LogP contribution in [0.2, 0.25) is 5.02 Å². The van der Waals surface area contributed by atoms with Crippen molar-refractivity contribution in [3.8, 4) is 11.3 Å². The van der Waals surface area contributed by atoms with Gasteiger partial charge in [0.2, 0.25) is 0 Å². The number of halogens is 1. The van der Waals surface area contributed by atoms with Crippen molar-refractivity contribution in [2.24, 2.45) is 5.92 Å². The monoisotopic (exact) mass is 394 g/mol. The summed E-state index contributed by atoms with van der Waals surface area (Å²) < 4.78 is 7.71. The van der Waals surface area contributed by atoms with E-state index in [2.05, 4.69) is 0 Å². The van der Waals surface area contributed by atoms with Crippen LogP contribution in [-0.2, 0) is 6.54 Å². The van der Waals surface area contributed by atoms with Crippen LogP contribution >= 0.6 is 11.6 Å². The second-order valence-corrected chi connectivity index (χ2v) is 7.96. The lowest BCUT2D eigenvalue weighted by Crippen LogP contribution is -2.49. The quantitative estimate of drug-likeness (QED) is 0.659. The first-order chi connectivity index (χ1) is 13.6. The Morgan fingerprint density at radius 1 is 1.00 bits per heavy atom. The van der Waals surface area contributed by atoms with E-state index in [1.165, 1.54) is 0 Å². The Labute approximate surface area is 167 Å². The molecule has 28 heavy (non-hydrogen) atoms. The molecule has 2 aromatic heterocycles. The van der Waals surface area contributed by atoms with Gasteiger partial charge in [-0.25, -0.2) is 0 Å². The Kier molecular flexibility index (Phi) is 4.13. The van der Waals surface area contributed by atoms with Crippen LogP contribution in [0.3, 0.4) is 0 Å². The summed E-state index contributed by atoms with van der Waals surface area (Å²) in [7, 11) is 0. The van der Waals surface area contributed by atoms with E-state index in [1.807, 2.05) is 33.7 Å². The topological polar surface area (TPSA) is 55.5 Å². The van der Waals surface area contributed by atoms with Gasteiger partial charge < -0.3 is 13.9 Å². The van der Waals surface area contributed by atoms with Gasteiger partial charge in [-0.2, -0.15) is 0 Å². The van der Waals surface area contributed by atoms with Gasteiger partial charge >= 0.3 is 0 Å². The molecule has 2 unspecified atom stereocenters. The second-order valence-electron chi connectivity index (χ2n) is 7.55. The number of likely N-dealkylation sites (tertiary alicyclic amines) is 1. The molecule has 5 rings (SSSR count). The summed E-state index contributed by atoms with van der Waals surface area (Å²) in [5, 5.41) is 0.588. The molecule has 2 aliphatic heterocycles. The third-order valence-electron chi connectivity index (χ3n) is 5.72. The maximum absolute atomic E-state index is 13.1. The van der Waals surface area contributed by atoms with E-state index >= 15 is 0 Å². The molecule has 0 radical (unpaired) electrons. The van der Waals surface area contributed by atoms with Gasteiger partial charge in [-0.1, -0.05) is 29.8 Å². The average molecular weight is 395 g/mol. The van der Waals surface area contributed by atoms with Crippen LogP contribution in [0.4, 0.5) is 0 Å². The molecular weight excluding hydrogens is 376 g/mol. The number of aromatic nitrogens is 1. The van der Waals surface area contributed by atoms with Crippen LogP contribution < -0.4 is 5.56 Å². The minimum absolute atomic E-state index is 0.0439. The number of hydrogen-bond acceptors (Lipinski definition) is 3. The number of fused-ring (bicyclic) bond motifs is 4. The summed E-state index contributed by atoms with van der Waals surface area (Å²) in [6.07, 6.45) is 1.01. The van der Waals surface area contributed by atoms with Gasteiger partial charge in [0.1, 0.15) is 5.76 Å². The minimum Gasteiger partial charge on any atom is -0.451 e. The van der Waals surface area contributed by atoms with Crippen molar-refractivity contribution in [1.82, 2.24) is 9.47 Å². The average Bonchev–Trinajstić information content (AvgIpc) is 3.18. The first-order valence-corrected chi connectivity index (χ1v) is 9.81. The smallest absolute Gasteiger partial charge is 0.289 e. The van der Waals surface area contributed by atoms with Crippen LogP contribution in [0.15, 0.2) is 63.8 Å². The number of carbonyl (C=O) groups excluding carboxylic acids is 1. The van der Waals surface area contributed by atoms with Crippen molar-refractivity contribution in [2.45, 2.75) is 18.9 Å². The summed E-state index contributed by atoms with van der Waals surface area (Å²) in [4.78, 5) is 27.1. The van der Waals surface area contributed by atoms with Crippen molar-refractivity contribution in [3.05, 3.63) is 81.4 Å². The first-order valence-electron chi connectivity index (χ1n) is 9.44. The molecule has 142 valence electrons. The number of piperidine rings is 1. The van der Waals surface area contributed by atoms with Crippen molar-refractivity contribution in [3.63, 3.8) is 0 Å². The lowest BCUT2D eigenvalue weighted by atomic mass is 9.83. The molecule has 1 fully saturated rings. The number of hydrogen-bond donors (Lipinski definition) is 0. The van der Waals surface area contributed by atoms with Gasteiger partial charge in [-0.05, 0) is 42.7 Å². The van der Waals surface area contributed by atoms with Crippen LogP contribution in [-0.4, -0.2) is 28.5 Å². The van der Waals surface area contributed by atoms with Crippen molar-refractivity contribution < 1.29 is 9.21 Å². The molecule has 4 heterocycles. The van der Waals surface area contributed by atoms with Crippen LogP contribution in [0.5, 0.6) is 0 Å². The number of amides is 1. The van der Waals surface area contributed by atoms with Gasteiger partial charge in [0, 0.05) is 42.9 Å². The molecule has 1 saturated heterocycles. The van der Waals surface area contributed by atoms with Gasteiger partial charge in [-0.15, -0.1) is 0 Å². The number of benzene rings is 1. The second kappa shape index (κ2) is 6.67. The highest BCUT2D eigenvalue weighted by molar-refractivity contribution is 6.33. The zero-order valence-corrected chi connectivity index (χ0v) is 15.9. The summed E-state index contributed by atoms with van der Waals surface area (Å²) in [5.41, 5.74) is 1.84. The van der Waals surface area contributed by atoms with E-state index in [0.717, 1.165) is 17.7 Å². The Bertz CT molecular complexity index is 1120. The molecule has 5 nitrogen and oxygen atoms in total. The summed E-state index contributed by atoms with van der Waals surface area (Å²) in [5.74, 6) is 1.26. The molecule has 0 aliphatic carbocycles. The first kappa shape index (κ1) is 17.3. The number of nitrogens with zero attached hydrogens (tertiary/aromatic N) is 2. The van der Waals surface area contributed by atoms with Gasteiger partial charge in [0.25, 0.3) is 11.5 Å². The van der Waals surface area contributed by atoms with E-state index in [4.69, 9.17) is 16.0 Å². The van der Waals surface area contributed by atoms with E-state index < -0.39 is 0 Å². The summed E-state index contributed by atoms with van der Waals surface area (Å²) in [6.45, 7) is 1.90. The largest absolute Gasteiger partial charge is 0.451 e. The fourth-order valence-corrected chi connectivity index (χ4v) is 4.71. The lowest BCUT2D eigenvalue weighted by molar-refractivity contribution is 0.0564. The highest BCUT2D eigenvalue weighted by atomic mass is 35.5. The van der Waals surface area contributed by atoms with Crippen molar-refractivity contribution in [1.29, 1.82) is 0 Å².